The molecule has 3 rings (SSSR count). The van der Waals surface area contributed by atoms with E-state index < -0.39 is 17.6 Å². The number of benzene rings is 1. The quantitative estimate of drug-likeness (QED) is 0.645. The molecule has 0 aliphatic rings. The van der Waals surface area contributed by atoms with Gasteiger partial charge < -0.3 is 10.1 Å². The molecule has 26 heavy (non-hydrogen) atoms. The largest absolute Gasteiger partial charge is 0.453 e. The second-order valence-electron chi connectivity index (χ2n) is 5.34. The Morgan fingerprint density at radius 1 is 1.04 bits per heavy atom. The molecule has 0 fully saturated rings. The van der Waals surface area contributed by atoms with Crippen LogP contribution in [0.5, 0.6) is 11.5 Å². The van der Waals surface area contributed by atoms with E-state index in [1.165, 1.54) is 24.4 Å². The zero-order chi connectivity index (χ0) is 18.6. The van der Waals surface area contributed by atoms with E-state index in [1.54, 1.807) is 24.4 Å². The fraction of sp³-hybridized carbons (Fsp3) is 0.111. The smallest absolute Gasteiger partial charge is 0.417 e. The molecule has 0 spiro atoms. The number of ether oxygens (including phenoxy) is 1. The molecule has 2 heterocycles. The zero-order valence-electron chi connectivity index (χ0n) is 13.3. The van der Waals surface area contributed by atoms with Crippen molar-refractivity contribution in [2.75, 3.05) is 5.32 Å². The van der Waals surface area contributed by atoms with Gasteiger partial charge in [0.05, 0.1) is 11.8 Å². The molecule has 2 aromatic heterocycles. The number of alkyl halides is 3. The SMILES string of the molecule is Fc1cc(CNc2ccc(C(F)(F)F)cn2)ccc1Oc1cccnc1. The highest BCUT2D eigenvalue weighted by atomic mass is 19.4. The average Bonchev–Trinajstić information content (AvgIpc) is 2.62. The van der Waals surface area contributed by atoms with Crippen molar-refractivity contribution in [1.29, 1.82) is 0 Å². The molecule has 1 aromatic carbocycles. The molecule has 1 N–H and O–H groups in total. The number of anilines is 1. The Kier molecular flexibility index (Phi) is 5.01. The number of nitrogens with zero attached hydrogens (tertiary/aromatic N) is 2. The predicted octanol–water partition coefficient (Wildman–Crippen LogP) is 5.04. The molecular formula is C18H13F4N3O. The van der Waals surface area contributed by atoms with Crippen LogP contribution in [0.1, 0.15) is 11.1 Å². The van der Waals surface area contributed by atoms with Gasteiger partial charge in [-0.15, -0.1) is 0 Å². The van der Waals surface area contributed by atoms with Gasteiger partial charge in [0.2, 0.25) is 0 Å². The summed E-state index contributed by atoms with van der Waals surface area (Å²) in [4.78, 5) is 7.58. The second-order valence-corrected chi connectivity index (χ2v) is 5.34. The zero-order valence-corrected chi connectivity index (χ0v) is 13.3. The Morgan fingerprint density at radius 3 is 2.50 bits per heavy atom. The Hall–Kier alpha value is -3.16. The van der Waals surface area contributed by atoms with Gasteiger partial charge in [-0.3, -0.25) is 4.98 Å². The molecule has 0 atom stereocenters. The van der Waals surface area contributed by atoms with Crippen LogP contribution < -0.4 is 10.1 Å². The fourth-order valence-corrected chi connectivity index (χ4v) is 2.13. The molecule has 4 nitrogen and oxygen atoms in total. The van der Waals surface area contributed by atoms with Crippen molar-refractivity contribution in [3.63, 3.8) is 0 Å². The molecule has 0 aliphatic carbocycles. The summed E-state index contributed by atoms with van der Waals surface area (Å²) in [7, 11) is 0. The standard InChI is InChI=1S/C18H13F4N3O/c19-15-8-12(3-5-16(15)26-14-2-1-7-23-11-14)9-24-17-6-4-13(10-25-17)18(20,21)22/h1-8,10-11H,9H2,(H,24,25). The van der Waals surface area contributed by atoms with Gasteiger partial charge in [-0.25, -0.2) is 9.37 Å². The lowest BCUT2D eigenvalue weighted by molar-refractivity contribution is -0.137. The minimum absolute atomic E-state index is 0.0504. The fourth-order valence-electron chi connectivity index (χ4n) is 2.13. The normalized spacial score (nSPS) is 11.2. The molecule has 0 radical (unpaired) electrons. The summed E-state index contributed by atoms with van der Waals surface area (Å²) in [5.74, 6) is 0.156. The lowest BCUT2D eigenvalue weighted by Crippen LogP contribution is -2.07. The van der Waals surface area contributed by atoms with Crippen molar-refractivity contribution in [2.24, 2.45) is 0 Å². The average molecular weight is 363 g/mol. The summed E-state index contributed by atoms with van der Waals surface area (Å²) < 4.78 is 57.0. The summed E-state index contributed by atoms with van der Waals surface area (Å²) in [6.07, 6.45) is -0.648. The van der Waals surface area contributed by atoms with E-state index in [4.69, 9.17) is 4.74 Å². The maximum atomic E-state index is 14.1. The third-order valence-electron chi connectivity index (χ3n) is 3.42. The summed E-state index contributed by atoms with van der Waals surface area (Å²) in [5.41, 5.74) is -0.242. The number of hydrogen-bond donors (Lipinski definition) is 1. The third-order valence-corrected chi connectivity index (χ3v) is 3.42. The van der Waals surface area contributed by atoms with Gasteiger partial charge in [-0.05, 0) is 42.0 Å². The highest BCUT2D eigenvalue weighted by Gasteiger charge is 2.30. The van der Waals surface area contributed by atoms with Crippen molar-refractivity contribution in [3.8, 4) is 11.5 Å². The van der Waals surface area contributed by atoms with Crippen LogP contribution in [0.15, 0.2) is 61.1 Å². The van der Waals surface area contributed by atoms with Crippen LogP contribution in [0.2, 0.25) is 0 Å². The highest BCUT2D eigenvalue weighted by molar-refractivity contribution is 5.39. The van der Waals surface area contributed by atoms with Crippen LogP contribution in [0.25, 0.3) is 0 Å². The van der Waals surface area contributed by atoms with Crippen LogP contribution in [-0.4, -0.2) is 9.97 Å². The first-order valence-electron chi connectivity index (χ1n) is 7.55. The molecule has 0 amide bonds. The Balaban J connectivity index is 1.63. The van der Waals surface area contributed by atoms with E-state index >= 15 is 0 Å². The third kappa shape index (κ3) is 4.47. The van der Waals surface area contributed by atoms with Gasteiger partial charge in [0.1, 0.15) is 11.6 Å². The van der Waals surface area contributed by atoms with Gasteiger partial charge in [-0.1, -0.05) is 6.07 Å². The van der Waals surface area contributed by atoms with Crippen molar-refractivity contribution in [1.82, 2.24) is 9.97 Å². The predicted molar refractivity (Wildman–Crippen MR) is 87.3 cm³/mol. The lowest BCUT2D eigenvalue weighted by Gasteiger charge is -2.10. The van der Waals surface area contributed by atoms with Gasteiger partial charge in [0.15, 0.2) is 11.6 Å². The summed E-state index contributed by atoms with van der Waals surface area (Å²) in [6, 6.07) is 9.87. The van der Waals surface area contributed by atoms with E-state index in [2.05, 4.69) is 15.3 Å². The summed E-state index contributed by atoms with van der Waals surface area (Å²) in [6.45, 7) is 0.197. The maximum absolute atomic E-state index is 14.1. The van der Waals surface area contributed by atoms with Gasteiger partial charge in [0, 0.05) is 18.9 Å². The van der Waals surface area contributed by atoms with Crippen LogP contribution in [0, 0.1) is 5.82 Å². The molecular weight excluding hydrogens is 350 g/mol. The number of hydrogen-bond acceptors (Lipinski definition) is 4. The first kappa shape index (κ1) is 17.7. The van der Waals surface area contributed by atoms with Crippen molar-refractivity contribution in [3.05, 3.63) is 78.0 Å². The van der Waals surface area contributed by atoms with Crippen molar-refractivity contribution >= 4 is 5.82 Å². The Morgan fingerprint density at radius 2 is 1.88 bits per heavy atom. The molecule has 134 valence electrons. The first-order valence-corrected chi connectivity index (χ1v) is 7.55. The molecule has 0 saturated heterocycles. The van der Waals surface area contributed by atoms with Crippen LogP contribution in [-0.2, 0) is 12.7 Å². The van der Waals surface area contributed by atoms with E-state index in [-0.39, 0.29) is 18.1 Å². The van der Waals surface area contributed by atoms with E-state index in [1.807, 2.05) is 0 Å². The Labute approximate surface area is 146 Å². The minimum atomic E-state index is -4.43. The molecule has 0 saturated carbocycles. The minimum Gasteiger partial charge on any atom is -0.453 e. The van der Waals surface area contributed by atoms with E-state index in [9.17, 15) is 17.6 Å². The van der Waals surface area contributed by atoms with Crippen LogP contribution in [0.4, 0.5) is 23.4 Å². The van der Waals surface area contributed by atoms with Crippen LogP contribution >= 0.6 is 0 Å². The maximum Gasteiger partial charge on any atom is 0.417 e. The van der Waals surface area contributed by atoms with E-state index in [0.29, 0.717) is 11.3 Å². The Bertz CT molecular complexity index is 868. The molecule has 3 aromatic rings. The van der Waals surface area contributed by atoms with Gasteiger partial charge in [0.25, 0.3) is 0 Å². The molecule has 0 bridgehead atoms. The van der Waals surface area contributed by atoms with Gasteiger partial charge >= 0.3 is 6.18 Å². The first-order chi connectivity index (χ1) is 12.4. The molecule has 8 heteroatoms. The summed E-state index contributed by atoms with van der Waals surface area (Å²) in [5, 5.41) is 2.84. The van der Waals surface area contributed by atoms with Crippen molar-refractivity contribution in [2.45, 2.75) is 12.7 Å². The number of rotatable bonds is 5. The molecule has 0 aliphatic heterocycles. The van der Waals surface area contributed by atoms with Gasteiger partial charge in [-0.2, -0.15) is 13.2 Å². The summed E-state index contributed by atoms with van der Waals surface area (Å²) >= 11 is 0. The topological polar surface area (TPSA) is 47.0 Å². The lowest BCUT2D eigenvalue weighted by atomic mass is 10.2. The van der Waals surface area contributed by atoms with Crippen molar-refractivity contribution < 1.29 is 22.3 Å². The molecule has 0 unspecified atom stereocenters. The van der Waals surface area contributed by atoms with E-state index in [0.717, 1.165) is 12.3 Å². The second kappa shape index (κ2) is 7.38. The number of pyridine rings is 2. The van der Waals surface area contributed by atoms with Crippen LogP contribution in [0.3, 0.4) is 0 Å². The monoisotopic (exact) mass is 363 g/mol. The number of halogens is 4. The number of nitrogens with one attached hydrogen (secondary N) is 1. The number of aromatic nitrogens is 2. The highest BCUT2D eigenvalue weighted by Crippen LogP contribution is 2.29.